The molecule has 0 spiro atoms. The second-order valence-electron chi connectivity index (χ2n) is 3.63. The molecule has 0 saturated heterocycles. The molecule has 3 heterocycles. The summed E-state index contributed by atoms with van der Waals surface area (Å²) in [6, 6.07) is 0. The molecule has 0 amide bonds. The molecule has 2 aromatic heterocycles. The lowest BCUT2D eigenvalue weighted by molar-refractivity contribution is 0.556. The second kappa shape index (κ2) is 3.44. The van der Waals surface area contributed by atoms with Crippen molar-refractivity contribution in [3.63, 3.8) is 0 Å². The normalized spacial score (nSPS) is 14.9. The first kappa shape index (κ1) is 9.08. The first-order valence-electron chi connectivity index (χ1n) is 5.03. The Morgan fingerprint density at radius 2 is 2.06 bits per heavy atom. The summed E-state index contributed by atoms with van der Waals surface area (Å²) in [4.78, 5) is 10.3. The van der Waals surface area contributed by atoms with Crippen LogP contribution >= 0.6 is 0 Å². The van der Waals surface area contributed by atoms with E-state index in [4.69, 9.17) is 5.73 Å². The number of rotatable bonds is 1. The third-order valence-electron chi connectivity index (χ3n) is 2.64. The highest BCUT2D eigenvalue weighted by molar-refractivity contribution is 5.57. The van der Waals surface area contributed by atoms with Gasteiger partial charge in [0.1, 0.15) is 6.33 Å². The summed E-state index contributed by atoms with van der Waals surface area (Å²) in [5.74, 6) is 2.10. The fraction of sp³-hybridized carbons (Fsp3) is 0.333. The number of nitrogen functional groups attached to an aromatic ring is 1. The number of nitrogens with two attached hydrogens (primary N) is 1. The van der Waals surface area contributed by atoms with Crippen molar-refractivity contribution in [2.24, 2.45) is 0 Å². The molecule has 2 aromatic rings. The van der Waals surface area contributed by atoms with Crippen LogP contribution in [0.1, 0.15) is 5.82 Å². The predicted molar refractivity (Wildman–Crippen MR) is 57.5 cm³/mol. The first-order chi connectivity index (χ1) is 7.84. The van der Waals surface area contributed by atoms with Crippen molar-refractivity contribution in [2.45, 2.75) is 13.1 Å². The van der Waals surface area contributed by atoms with Gasteiger partial charge in [-0.15, -0.1) is 10.2 Å². The van der Waals surface area contributed by atoms with Crippen molar-refractivity contribution in [3.05, 3.63) is 24.5 Å². The van der Waals surface area contributed by atoms with E-state index in [0.29, 0.717) is 12.4 Å². The Morgan fingerprint density at radius 1 is 1.19 bits per heavy atom. The minimum absolute atomic E-state index is 0.454. The highest BCUT2D eigenvalue weighted by Gasteiger charge is 2.20. The molecule has 3 rings (SSSR count). The average molecular weight is 217 g/mol. The third kappa shape index (κ3) is 1.37. The molecule has 1 aliphatic rings. The van der Waals surface area contributed by atoms with Crippen LogP contribution < -0.4 is 10.6 Å². The molecule has 0 fully saturated rings. The lowest BCUT2D eigenvalue weighted by Crippen LogP contribution is -2.34. The van der Waals surface area contributed by atoms with Gasteiger partial charge in [-0.2, -0.15) is 0 Å². The molecular weight excluding hydrogens is 206 g/mol. The molecule has 82 valence electrons. The summed E-state index contributed by atoms with van der Waals surface area (Å²) in [5.41, 5.74) is 5.79. The molecule has 0 bridgehead atoms. The van der Waals surface area contributed by atoms with Gasteiger partial charge in [0.25, 0.3) is 0 Å². The van der Waals surface area contributed by atoms with Crippen molar-refractivity contribution < 1.29 is 0 Å². The lowest BCUT2D eigenvalue weighted by Gasteiger charge is -2.28. The molecule has 0 aromatic carbocycles. The van der Waals surface area contributed by atoms with Gasteiger partial charge >= 0.3 is 0 Å². The van der Waals surface area contributed by atoms with Gasteiger partial charge in [0, 0.05) is 25.5 Å². The number of fused-ring (bicyclic) bond motifs is 1. The van der Waals surface area contributed by atoms with Crippen LogP contribution in [0.5, 0.6) is 0 Å². The molecule has 1 aliphatic heterocycles. The smallest absolute Gasteiger partial charge is 0.172 e. The van der Waals surface area contributed by atoms with Gasteiger partial charge in [-0.05, 0) is 0 Å². The van der Waals surface area contributed by atoms with E-state index in [9.17, 15) is 0 Å². The van der Waals surface area contributed by atoms with Gasteiger partial charge in [-0.25, -0.2) is 9.97 Å². The van der Waals surface area contributed by atoms with Crippen molar-refractivity contribution in [3.8, 4) is 0 Å². The zero-order valence-corrected chi connectivity index (χ0v) is 8.61. The minimum atomic E-state index is 0.454. The fourth-order valence-electron chi connectivity index (χ4n) is 1.83. The molecule has 16 heavy (non-hydrogen) atoms. The number of anilines is 2. The predicted octanol–water partition coefficient (Wildman–Crippen LogP) is -0.330. The van der Waals surface area contributed by atoms with E-state index in [0.717, 1.165) is 24.7 Å². The van der Waals surface area contributed by atoms with Crippen molar-refractivity contribution in [1.82, 2.24) is 24.7 Å². The Morgan fingerprint density at radius 3 is 2.94 bits per heavy atom. The SMILES string of the molecule is Nc1nccnc1N1CCn2cnnc2C1. The van der Waals surface area contributed by atoms with Gasteiger partial charge in [0.2, 0.25) is 0 Å². The van der Waals surface area contributed by atoms with Gasteiger partial charge in [0.05, 0.1) is 6.54 Å². The fourth-order valence-corrected chi connectivity index (χ4v) is 1.83. The topological polar surface area (TPSA) is 85.8 Å². The van der Waals surface area contributed by atoms with Crippen LogP contribution in [0.15, 0.2) is 18.7 Å². The molecule has 2 N–H and O–H groups in total. The van der Waals surface area contributed by atoms with Crippen LogP contribution in [0.3, 0.4) is 0 Å². The monoisotopic (exact) mass is 217 g/mol. The maximum atomic E-state index is 5.79. The second-order valence-corrected chi connectivity index (χ2v) is 3.63. The molecule has 7 nitrogen and oxygen atoms in total. The van der Waals surface area contributed by atoms with E-state index in [2.05, 4.69) is 25.1 Å². The van der Waals surface area contributed by atoms with Crippen molar-refractivity contribution >= 4 is 11.6 Å². The highest BCUT2D eigenvalue weighted by Crippen LogP contribution is 2.21. The maximum Gasteiger partial charge on any atom is 0.172 e. The number of hydrogen-bond acceptors (Lipinski definition) is 6. The standard InChI is InChI=1S/C9H11N7/c10-8-9(12-2-1-11-8)15-3-4-16-6-13-14-7(16)5-15/h1-2,6H,3-5H2,(H2,10,11). The van der Waals surface area contributed by atoms with Gasteiger partial charge in [-0.3, -0.25) is 0 Å². The molecule has 0 radical (unpaired) electrons. The highest BCUT2D eigenvalue weighted by atomic mass is 15.3. The lowest BCUT2D eigenvalue weighted by atomic mass is 10.3. The quantitative estimate of drug-likeness (QED) is 0.704. The number of hydrogen-bond donors (Lipinski definition) is 1. The zero-order valence-electron chi connectivity index (χ0n) is 8.61. The summed E-state index contributed by atoms with van der Waals surface area (Å²) in [6.07, 6.45) is 4.98. The van der Waals surface area contributed by atoms with Crippen LogP contribution in [-0.2, 0) is 13.1 Å². The zero-order chi connectivity index (χ0) is 11.0. The largest absolute Gasteiger partial charge is 0.381 e. The van der Waals surface area contributed by atoms with Gasteiger partial charge in [-0.1, -0.05) is 0 Å². The van der Waals surface area contributed by atoms with Crippen molar-refractivity contribution in [1.29, 1.82) is 0 Å². The van der Waals surface area contributed by atoms with Crippen LogP contribution in [0.4, 0.5) is 11.6 Å². The average Bonchev–Trinajstić information content (AvgIpc) is 2.76. The van der Waals surface area contributed by atoms with E-state index in [1.807, 2.05) is 4.57 Å². The van der Waals surface area contributed by atoms with E-state index in [1.165, 1.54) is 0 Å². The molecule has 0 atom stereocenters. The maximum absolute atomic E-state index is 5.79. The summed E-state index contributed by atoms with van der Waals surface area (Å²) in [6.45, 7) is 2.36. The summed E-state index contributed by atoms with van der Waals surface area (Å²) < 4.78 is 2.03. The molecule has 0 unspecified atom stereocenters. The number of aromatic nitrogens is 5. The Hall–Kier alpha value is -2.18. The Labute approximate surface area is 91.9 Å². The molecule has 0 saturated carbocycles. The van der Waals surface area contributed by atoms with Crippen molar-refractivity contribution in [2.75, 3.05) is 17.2 Å². The van der Waals surface area contributed by atoms with E-state index >= 15 is 0 Å². The van der Waals surface area contributed by atoms with Gasteiger partial charge < -0.3 is 15.2 Å². The summed E-state index contributed by atoms with van der Waals surface area (Å²) in [7, 11) is 0. The van der Waals surface area contributed by atoms with E-state index in [-0.39, 0.29) is 0 Å². The minimum Gasteiger partial charge on any atom is -0.381 e. The Kier molecular flexibility index (Phi) is 1.95. The number of nitrogens with zero attached hydrogens (tertiary/aromatic N) is 6. The summed E-state index contributed by atoms with van der Waals surface area (Å²) in [5, 5.41) is 7.92. The third-order valence-corrected chi connectivity index (χ3v) is 2.64. The van der Waals surface area contributed by atoms with Crippen LogP contribution in [0.2, 0.25) is 0 Å². The Bertz CT molecular complexity index is 506. The van der Waals surface area contributed by atoms with E-state index < -0.39 is 0 Å². The van der Waals surface area contributed by atoms with Crippen LogP contribution in [0.25, 0.3) is 0 Å². The molecule has 7 heteroatoms. The molecule has 0 aliphatic carbocycles. The molecular formula is C9H11N7. The first-order valence-corrected chi connectivity index (χ1v) is 5.03. The summed E-state index contributed by atoms with van der Waals surface area (Å²) >= 11 is 0. The Balaban J connectivity index is 1.92. The van der Waals surface area contributed by atoms with Crippen LogP contribution in [-0.4, -0.2) is 31.3 Å². The van der Waals surface area contributed by atoms with Gasteiger partial charge in [0.15, 0.2) is 17.5 Å². The van der Waals surface area contributed by atoms with E-state index in [1.54, 1.807) is 18.7 Å². The van der Waals surface area contributed by atoms with Crippen LogP contribution in [0, 0.1) is 0 Å².